The van der Waals surface area contributed by atoms with E-state index >= 15 is 0 Å². The molecule has 2 amide bonds. The Balaban J connectivity index is 0.000000192. The summed E-state index contributed by atoms with van der Waals surface area (Å²) in [5.74, 6) is -6.83. The van der Waals surface area contributed by atoms with Crippen LogP contribution in [0.1, 0.15) is 30.7 Å². The molecule has 4 heterocycles. The molecule has 0 aliphatic carbocycles. The van der Waals surface area contributed by atoms with E-state index in [1.54, 1.807) is 19.2 Å². The quantitative estimate of drug-likeness (QED) is 0.106. The van der Waals surface area contributed by atoms with E-state index in [1.807, 2.05) is 0 Å². The molecule has 254 valence electrons. The van der Waals surface area contributed by atoms with Gasteiger partial charge in [0.2, 0.25) is 0 Å². The number of thiazole rings is 2. The molecule has 0 aliphatic heterocycles. The van der Waals surface area contributed by atoms with Crippen LogP contribution in [0, 0.1) is 23.3 Å². The van der Waals surface area contributed by atoms with Gasteiger partial charge < -0.3 is 25.8 Å². The van der Waals surface area contributed by atoms with E-state index in [4.69, 9.17) is 38.4 Å². The van der Waals surface area contributed by atoms with Gasteiger partial charge in [-0.3, -0.25) is 9.59 Å². The van der Waals surface area contributed by atoms with Crippen LogP contribution in [-0.4, -0.2) is 45.5 Å². The fourth-order valence-electron chi connectivity index (χ4n) is 4.07. The monoisotopic (exact) mass is 753 g/mol. The lowest BCUT2D eigenvalue weighted by Crippen LogP contribution is -2.33. The van der Waals surface area contributed by atoms with Crippen LogP contribution in [0.15, 0.2) is 48.8 Å². The van der Waals surface area contributed by atoms with Gasteiger partial charge in [0.25, 0.3) is 11.8 Å². The summed E-state index contributed by atoms with van der Waals surface area (Å²) >= 11 is 14.2. The number of pyridine rings is 2. The Kier molecular flexibility index (Phi) is 11.4. The molecule has 11 nitrogen and oxygen atoms in total. The molecule has 0 fully saturated rings. The topological polar surface area (TPSA) is 154 Å². The van der Waals surface area contributed by atoms with Crippen molar-refractivity contribution >= 4 is 78.4 Å². The number of nitrogens with zero attached hydrogens (tertiary/aromatic N) is 4. The van der Waals surface area contributed by atoms with Gasteiger partial charge in [-0.15, -0.1) is 0 Å². The van der Waals surface area contributed by atoms with E-state index in [1.165, 1.54) is 35.1 Å². The molecular weight excluding hydrogens is 733 g/mol. The van der Waals surface area contributed by atoms with Crippen LogP contribution in [0.3, 0.4) is 0 Å². The van der Waals surface area contributed by atoms with E-state index in [2.05, 4.69) is 30.6 Å². The molecule has 2 aromatic carbocycles. The lowest BCUT2D eigenvalue weighted by molar-refractivity contribution is 0.0940. The molecule has 6 rings (SSSR count). The first-order valence-electron chi connectivity index (χ1n) is 13.7. The number of nitrogens with one attached hydrogen (secondary N) is 2. The van der Waals surface area contributed by atoms with Crippen molar-refractivity contribution in [3.8, 4) is 11.5 Å². The predicted octanol–water partition coefficient (Wildman–Crippen LogP) is 6.41. The molecule has 4 N–H and O–H groups in total. The van der Waals surface area contributed by atoms with Crippen molar-refractivity contribution in [2.45, 2.75) is 13.2 Å². The molecule has 0 bridgehead atoms. The van der Waals surface area contributed by atoms with E-state index in [0.717, 1.165) is 24.3 Å². The highest BCUT2D eigenvalue weighted by atomic mass is 35.5. The van der Waals surface area contributed by atoms with Gasteiger partial charge >= 0.3 is 0 Å². The molecule has 19 heteroatoms. The summed E-state index contributed by atoms with van der Waals surface area (Å²) in [6, 6.07) is 7.41. The number of carbonyl (C=O) groups is 2. The Morgan fingerprint density at radius 2 is 1.27 bits per heavy atom. The minimum absolute atomic E-state index is 0.0568. The Morgan fingerprint density at radius 1 is 0.796 bits per heavy atom. The summed E-state index contributed by atoms with van der Waals surface area (Å²) in [7, 11) is 1.59. The Hall–Kier alpha value is -4.68. The number of hydrogen-bond donors (Lipinski definition) is 3. The Bertz CT molecular complexity index is 2190. The molecule has 0 aliphatic rings. The molecule has 0 saturated carbocycles. The largest absolute Gasteiger partial charge is 0.483 e. The number of hydrogen-bond acceptors (Lipinski definition) is 11. The summed E-state index contributed by atoms with van der Waals surface area (Å²) < 4.78 is 66.4. The van der Waals surface area contributed by atoms with Crippen LogP contribution in [0.2, 0.25) is 10.0 Å². The highest BCUT2D eigenvalue weighted by Gasteiger charge is 2.22. The van der Waals surface area contributed by atoms with Gasteiger partial charge in [-0.2, -0.15) is 0 Å². The number of ether oxygens (including phenoxy) is 2. The zero-order valence-corrected chi connectivity index (χ0v) is 28.0. The minimum atomic E-state index is -1.20. The van der Waals surface area contributed by atoms with E-state index in [0.29, 0.717) is 40.8 Å². The average Bonchev–Trinajstić information content (AvgIpc) is 3.66. The van der Waals surface area contributed by atoms with Gasteiger partial charge in [0, 0.05) is 12.4 Å². The third-order valence-corrected chi connectivity index (χ3v) is 8.55. The number of carbonyl (C=O) groups excluding carboxylic acids is 2. The minimum Gasteiger partial charge on any atom is -0.483 e. The SMILES string of the molecule is CNCNC(=O)c1c(F)ccc(OCc2nc3cc(Cl)cnc3s2)c1F.NC(=O)c1c(F)ccc(OCc2nc3cc(Cl)cnc3s2)c1F. The molecule has 0 spiro atoms. The maximum atomic E-state index is 14.5. The first kappa shape index (κ1) is 35.6. The average molecular weight is 755 g/mol. The Morgan fingerprint density at radius 3 is 1.73 bits per heavy atom. The zero-order chi connectivity index (χ0) is 35.2. The summed E-state index contributed by atoms with van der Waals surface area (Å²) in [5, 5.41) is 6.97. The normalized spacial score (nSPS) is 10.9. The maximum absolute atomic E-state index is 14.5. The first-order chi connectivity index (χ1) is 23.4. The van der Waals surface area contributed by atoms with Gasteiger partial charge in [-0.1, -0.05) is 45.9 Å². The number of benzene rings is 2. The second-order valence-corrected chi connectivity index (χ2v) is 12.6. The highest BCUT2D eigenvalue weighted by Crippen LogP contribution is 2.28. The maximum Gasteiger partial charge on any atom is 0.258 e. The third kappa shape index (κ3) is 8.49. The van der Waals surface area contributed by atoms with Crippen molar-refractivity contribution < 1.29 is 36.6 Å². The smallest absolute Gasteiger partial charge is 0.258 e. The molecular formula is C30H21Cl2F4N7O4S2. The van der Waals surface area contributed by atoms with Gasteiger partial charge in [-0.05, 0) is 43.4 Å². The number of fused-ring (bicyclic) bond motifs is 2. The first-order valence-corrected chi connectivity index (χ1v) is 16.1. The van der Waals surface area contributed by atoms with Crippen LogP contribution in [0.4, 0.5) is 17.6 Å². The Labute approximate surface area is 292 Å². The molecule has 4 aromatic heterocycles. The zero-order valence-electron chi connectivity index (χ0n) is 24.8. The van der Waals surface area contributed by atoms with Crippen molar-refractivity contribution in [2.75, 3.05) is 13.7 Å². The standard InChI is InChI=1S/C16H13ClF2N4O2S.C14H8ClF2N3O2S/c1-20-7-22-15(24)13-9(18)2-3-11(14(13)19)25-6-12-23-10-4-8(17)5-21-16(10)26-12;15-6-3-8-14(19-4-6)23-10(20-8)5-22-9-2-1-7(16)11(12(9)17)13(18)21/h2-5,20H,6-7H2,1H3,(H,22,24);1-4H,5H2,(H2,18,21). The lowest BCUT2D eigenvalue weighted by atomic mass is 10.1. The number of halogens is 6. The van der Waals surface area contributed by atoms with Crippen molar-refractivity contribution in [3.05, 3.63) is 103 Å². The molecule has 6 aromatic rings. The summed E-state index contributed by atoms with van der Waals surface area (Å²) in [6.45, 7) is -0.0533. The van der Waals surface area contributed by atoms with Gasteiger partial charge in [-0.25, -0.2) is 37.5 Å². The van der Waals surface area contributed by atoms with Crippen molar-refractivity contribution in [1.29, 1.82) is 0 Å². The number of nitrogens with two attached hydrogens (primary N) is 1. The molecule has 0 saturated heterocycles. The lowest BCUT2D eigenvalue weighted by Gasteiger charge is -2.10. The number of primary amides is 1. The van der Waals surface area contributed by atoms with Crippen LogP contribution in [0.25, 0.3) is 20.7 Å². The van der Waals surface area contributed by atoms with Gasteiger partial charge in [0.1, 0.15) is 66.7 Å². The second kappa shape index (κ2) is 15.7. The van der Waals surface area contributed by atoms with Crippen molar-refractivity contribution in [2.24, 2.45) is 5.73 Å². The summed E-state index contributed by atoms with van der Waals surface area (Å²) in [6.07, 6.45) is 2.99. The van der Waals surface area contributed by atoms with E-state index in [-0.39, 0.29) is 31.4 Å². The van der Waals surface area contributed by atoms with E-state index in [9.17, 15) is 27.2 Å². The number of aromatic nitrogens is 4. The van der Waals surface area contributed by atoms with Crippen LogP contribution in [0.5, 0.6) is 11.5 Å². The number of amides is 2. The van der Waals surface area contributed by atoms with Crippen molar-refractivity contribution in [3.63, 3.8) is 0 Å². The molecule has 49 heavy (non-hydrogen) atoms. The third-order valence-electron chi connectivity index (χ3n) is 6.23. The predicted molar refractivity (Wildman–Crippen MR) is 176 cm³/mol. The van der Waals surface area contributed by atoms with Gasteiger partial charge in [0.05, 0.1) is 16.7 Å². The van der Waals surface area contributed by atoms with Crippen LogP contribution in [-0.2, 0) is 13.2 Å². The summed E-state index contributed by atoms with van der Waals surface area (Å²) in [5.41, 5.74) is 4.62. The molecule has 0 radical (unpaired) electrons. The fourth-order valence-corrected chi connectivity index (χ4v) is 5.97. The second-order valence-electron chi connectivity index (χ2n) is 9.62. The van der Waals surface area contributed by atoms with Crippen LogP contribution < -0.4 is 25.8 Å². The fraction of sp³-hybridized carbons (Fsp3) is 0.133. The molecule has 0 unspecified atom stereocenters. The highest BCUT2D eigenvalue weighted by molar-refractivity contribution is 7.18. The van der Waals surface area contributed by atoms with Gasteiger partial charge in [0.15, 0.2) is 23.1 Å². The molecule has 0 atom stereocenters. The van der Waals surface area contributed by atoms with Crippen LogP contribution >= 0.6 is 45.9 Å². The van der Waals surface area contributed by atoms with E-state index < -0.39 is 46.2 Å². The van der Waals surface area contributed by atoms with Crippen molar-refractivity contribution in [1.82, 2.24) is 30.6 Å². The number of rotatable bonds is 10. The summed E-state index contributed by atoms with van der Waals surface area (Å²) in [4.78, 5) is 41.1.